The predicted octanol–water partition coefficient (Wildman–Crippen LogP) is 0.926. The summed E-state index contributed by atoms with van der Waals surface area (Å²) in [5.74, 6) is -1.35. The normalized spacial score (nSPS) is 23.2. The minimum atomic E-state index is -1.01. The smallest absolute Gasteiger partial charge is 0.326 e. The van der Waals surface area contributed by atoms with Crippen LogP contribution in [-0.4, -0.2) is 29.1 Å². The molecule has 108 valence electrons. The zero-order chi connectivity index (χ0) is 14.5. The fraction of sp³-hybridized carbons (Fsp3) is 0.467. The second-order valence-corrected chi connectivity index (χ2v) is 5.36. The highest BCUT2D eigenvalue weighted by molar-refractivity contribution is 5.85. The van der Waals surface area contributed by atoms with E-state index in [0.717, 1.165) is 18.4 Å². The first-order valence-electron chi connectivity index (χ1n) is 6.89. The molecule has 0 aliphatic heterocycles. The molecule has 5 nitrogen and oxygen atoms in total. The van der Waals surface area contributed by atoms with Gasteiger partial charge in [0.25, 0.3) is 0 Å². The van der Waals surface area contributed by atoms with Crippen LogP contribution in [0.15, 0.2) is 30.3 Å². The minimum absolute atomic E-state index is 0.0585. The molecule has 0 bridgehead atoms. The van der Waals surface area contributed by atoms with E-state index in [2.05, 4.69) is 5.32 Å². The van der Waals surface area contributed by atoms with Gasteiger partial charge in [-0.2, -0.15) is 0 Å². The van der Waals surface area contributed by atoms with Gasteiger partial charge in [0.2, 0.25) is 5.91 Å². The van der Waals surface area contributed by atoms with E-state index in [1.54, 1.807) is 0 Å². The molecule has 1 saturated carbocycles. The van der Waals surface area contributed by atoms with E-state index in [0.29, 0.717) is 12.8 Å². The molecule has 0 aromatic heterocycles. The van der Waals surface area contributed by atoms with Crippen LogP contribution in [0, 0.1) is 5.92 Å². The first kappa shape index (κ1) is 14.5. The van der Waals surface area contributed by atoms with Crippen LogP contribution in [0.4, 0.5) is 0 Å². The van der Waals surface area contributed by atoms with Gasteiger partial charge < -0.3 is 16.2 Å². The third-order valence-corrected chi connectivity index (χ3v) is 3.74. The molecule has 2 rings (SSSR count). The molecule has 1 fully saturated rings. The summed E-state index contributed by atoms with van der Waals surface area (Å²) in [4.78, 5) is 23.3. The van der Waals surface area contributed by atoms with Crippen molar-refractivity contribution in [1.29, 1.82) is 0 Å². The lowest BCUT2D eigenvalue weighted by Gasteiger charge is -2.17. The molecule has 1 aliphatic carbocycles. The topological polar surface area (TPSA) is 92.4 Å². The summed E-state index contributed by atoms with van der Waals surface area (Å²) in [5.41, 5.74) is 6.67. The molecule has 1 aliphatic rings. The van der Waals surface area contributed by atoms with Crippen LogP contribution in [0.25, 0.3) is 0 Å². The summed E-state index contributed by atoms with van der Waals surface area (Å²) in [5, 5.41) is 11.9. The summed E-state index contributed by atoms with van der Waals surface area (Å²) in [6.07, 6.45) is 2.50. The van der Waals surface area contributed by atoms with Crippen LogP contribution in [0.1, 0.15) is 24.8 Å². The molecule has 5 heteroatoms. The molecule has 1 aromatic carbocycles. The first-order valence-corrected chi connectivity index (χ1v) is 6.89. The van der Waals surface area contributed by atoms with E-state index in [1.165, 1.54) is 0 Å². The van der Waals surface area contributed by atoms with Gasteiger partial charge in [0.1, 0.15) is 6.04 Å². The molecule has 2 unspecified atom stereocenters. The molecule has 1 amide bonds. The maximum Gasteiger partial charge on any atom is 0.326 e. The van der Waals surface area contributed by atoms with Crippen LogP contribution in [-0.2, 0) is 16.0 Å². The number of rotatable bonds is 5. The van der Waals surface area contributed by atoms with E-state index in [-0.39, 0.29) is 17.9 Å². The molecule has 0 radical (unpaired) electrons. The molecule has 1 aromatic rings. The lowest BCUT2D eigenvalue weighted by molar-refractivity contribution is -0.142. The van der Waals surface area contributed by atoms with Crippen molar-refractivity contribution in [2.24, 2.45) is 11.7 Å². The Kier molecular flexibility index (Phi) is 4.74. The second-order valence-electron chi connectivity index (χ2n) is 5.36. The quantitative estimate of drug-likeness (QED) is 0.746. The van der Waals surface area contributed by atoms with Gasteiger partial charge in [0.05, 0.1) is 0 Å². The average molecular weight is 276 g/mol. The van der Waals surface area contributed by atoms with Crippen LogP contribution in [0.3, 0.4) is 0 Å². The Morgan fingerprint density at radius 2 is 2.00 bits per heavy atom. The van der Waals surface area contributed by atoms with Crippen molar-refractivity contribution in [3.8, 4) is 0 Å². The number of carboxylic acid groups (broad SMARTS) is 1. The fourth-order valence-corrected chi connectivity index (χ4v) is 2.59. The Labute approximate surface area is 118 Å². The average Bonchev–Trinajstić information content (AvgIpc) is 2.86. The number of carbonyl (C=O) groups is 2. The number of benzene rings is 1. The number of carbonyl (C=O) groups excluding carboxylic acids is 1. The van der Waals surface area contributed by atoms with E-state index < -0.39 is 12.0 Å². The van der Waals surface area contributed by atoms with Crippen molar-refractivity contribution < 1.29 is 14.7 Å². The Morgan fingerprint density at radius 1 is 1.30 bits per heavy atom. The van der Waals surface area contributed by atoms with Crippen molar-refractivity contribution in [2.75, 3.05) is 0 Å². The lowest BCUT2D eigenvalue weighted by atomic mass is 10.0. The lowest BCUT2D eigenvalue weighted by Crippen LogP contribution is -2.44. The molecule has 3 atom stereocenters. The summed E-state index contributed by atoms with van der Waals surface area (Å²) < 4.78 is 0. The van der Waals surface area contributed by atoms with Crippen molar-refractivity contribution >= 4 is 11.9 Å². The number of nitrogens with two attached hydrogens (primary N) is 1. The van der Waals surface area contributed by atoms with Gasteiger partial charge in [-0.3, -0.25) is 4.79 Å². The fourth-order valence-electron chi connectivity index (χ4n) is 2.59. The monoisotopic (exact) mass is 276 g/mol. The van der Waals surface area contributed by atoms with E-state index in [9.17, 15) is 14.7 Å². The number of hydrogen-bond acceptors (Lipinski definition) is 3. The maximum absolute atomic E-state index is 12.1. The van der Waals surface area contributed by atoms with E-state index in [4.69, 9.17) is 5.73 Å². The largest absolute Gasteiger partial charge is 0.480 e. The van der Waals surface area contributed by atoms with Crippen molar-refractivity contribution in [3.63, 3.8) is 0 Å². The maximum atomic E-state index is 12.1. The first-order chi connectivity index (χ1) is 9.56. The van der Waals surface area contributed by atoms with Crippen molar-refractivity contribution in [3.05, 3.63) is 35.9 Å². The predicted molar refractivity (Wildman–Crippen MR) is 75.0 cm³/mol. The number of carboxylic acids is 1. The molecule has 0 spiro atoms. The molecular weight excluding hydrogens is 256 g/mol. The van der Waals surface area contributed by atoms with Crippen LogP contribution >= 0.6 is 0 Å². The summed E-state index contributed by atoms with van der Waals surface area (Å²) >= 11 is 0. The van der Waals surface area contributed by atoms with Gasteiger partial charge in [-0.25, -0.2) is 4.79 Å². The molecule has 20 heavy (non-hydrogen) atoms. The molecule has 4 N–H and O–H groups in total. The zero-order valence-corrected chi connectivity index (χ0v) is 11.3. The summed E-state index contributed by atoms with van der Waals surface area (Å²) in [7, 11) is 0. The van der Waals surface area contributed by atoms with Crippen molar-refractivity contribution in [2.45, 2.75) is 37.8 Å². The van der Waals surface area contributed by atoms with Gasteiger partial charge in [-0.1, -0.05) is 30.3 Å². The van der Waals surface area contributed by atoms with E-state index in [1.807, 2.05) is 30.3 Å². The highest BCUT2D eigenvalue weighted by Crippen LogP contribution is 2.24. The highest BCUT2D eigenvalue weighted by atomic mass is 16.4. The van der Waals surface area contributed by atoms with Gasteiger partial charge in [0.15, 0.2) is 0 Å². The highest BCUT2D eigenvalue weighted by Gasteiger charge is 2.30. The Bertz CT molecular complexity index is 475. The van der Waals surface area contributed by atoms with Gasteiger partial charge in [0, 0.05) is 18.4 Å². The molecule has 0 saturated heterocycles. The molecular formula is C15H20N2O3. The number of nitrogens with one attached hydrogen (secondary N) is 1. The Hall–Kier alpha value is -1.88. The van der Waals surface area contributed by atoms with Crippen LogP contribution < -0.4 is 11.1 Å². The zero-order valence-electron chi connectivity index (χ0n) is 11.3. The second kappa shape index (κ2) is 6.52. The van der Waals surface area contributed by atoms with Gasteiger partial charge in [-0.05, 0) is 24.8 Å². The van der Waals surface area contributed by atoms with Gasteiger partial charge >= 0.3 is 5.97 Å². The summed E-state index contributed by atoms with van der Waals surface area (Å²) in [6.45, 7) is 0. The standard InChI is InChI=1S/C15H20N2O3/c16-12-7-6-11(9-12)14(18)17-13(15(19)20)8-10-4-2-1-3-5-10/h1-5,11-13H,6-9,16H2,(H,17,18)(H,19,20)/t11?,12?,13-/m0/s1. The molecule has 0 heterocycles. The van der Waals surface area contributed by atoms with Gasteiger partial charge in [-0.15, -0.1) is 0 Å². The third kappa shape index (κ3) is 3.81. The minimum Gasteiger partial charge on any atom is -0.480 e. The number of hydrogen-bond donors (Lipinski definition) is 3. The third-order valence-electron chi connectivity index (χ3n) is 3.74. The Balaban J connectivity index is 1.96. The van der Waals surface area contributed by atoms with Crippen molar-refractivity contribution in [1.82, 2.24) is 5.32 Å². The summed E-state index contributed by atoms with van der Waals surface area (Å²) in [6, 6.07) is 8.46. The van der Waals surface area contributed by atoms with Crippen LogP contribution in [0.2, 0.25) is 0 Å². The number of amides is 1. The Morgan fingerprint density at radius 3 is 2.55 bits per heavy atom. The SMILES string of the molecule is NC1CCC(C(=O)N[C@@H](Cc2ccccc2)C(=O)O)C1. The van der Waals surface area contributed by atoms with E-state index >= 15 is 0 Å². The number of aliphatic carboxylic acids is 1. The van der Waals surface area contributed by atoms with Crippen LogP contribution in [0.5, 0.6) is 0 Å².